The van der Waals surface area contributed by atoms with Crippen molar-refractivity contribution in [3.8, 4) is 0 Å². The molecule has 0 aliphatic carbocycles. The minimum atomic E-state index is -0.858. The van der Waals surface area contributed by atoms with E-state index in [9.17, 15) is 4.39 Å². The van der Waals surface area contributed by atoms with Crippen LogP contribution in [0.15, 0.2) is 34.3 Å². The zero-order valence-corrected chi connectivity index (χ0v) is 16.9. The zero-order chi connectivity index (χ0) is 19.4. The van der Waals surface area contributed by atoms with Crippen LogP contribution >= 0.6 is 11.8 Å². The van der Waals surface area contributed by atoms with Gasteiger partial charge in [-0.25, -0.2) is 13.9 Å². The van der Waals surface area contributed by atoms with Crippen molar-refractivity contribution in [2.45, 2.75) is 17.0 Å². The number of nitrogens with one attached hydrogen (secondary N) is 1. The highest BCUT2D eigenvalue weighted by Gasteiger charge is 2.48. The Morgan fingerprint density at radius 3 is 2.63 bits per heavy atom. The van der Waals surface area contributed by atoms with Crippen LogP contribution in [-0.4, -0.2) is 46.1 Å². The molecule has 1 unspecified atom stereocenters. The average Bonchev–Trinajstić information content (AvgIpc) is 3.18. The fraction of sp³-hybridized carbons (Fsp3) is 0.368. The molecule has 0 radical (unpaired) electrons. The van der Waals surface area contributed by atoms with Crippen molar-refractivity contribution in [1.29, 1.82) is 0 Å². The Morgan fingerprint density at radius 2 is 2.00 bits per heavy atom. The van der Waals surface area contributed by atoms with Crippen LogP contribution in [0.1, 0.15) is 12.5 Å². The van der Waals surface area contributed by atoms with Gasteiger partial charge >= 0.3 is 0 Å². The van der Waals surface area contributed by atoms with Crippen molar-refractivity contribution < 1.29 is 9.13 Å². The van der Waals surface area contributed by atoms with Crippen LogP contribution in [0.3, 0.4) is 0 Å². The number of aliphatic imine (C=N–C) groups is 1. The minimum absolute atomic E-state index is 0.275. The van der Waals surface area contributed by atoms with Crippen LogP contribution in [0.2, 0.25) is 0 Å². The number of nitrogens with zero attached hydrogens (tertiary/aromatic N) is 4. The number of methoxy groups -OCH3 is 1. The molecule has 0 saturated heterocycles. The van der Waals surface area contributed by atoms with Crippen molar-refractivity contribution >= 4 is 41.0 Å². The van der Waals surface area contributed by atoms with E-state index in [0.29, 0.717) is 4.48 Å². The van der Waals surface area contributed by atoms with Crippen LogP contribution in [0.5, 0.6) is 0 Å². The fourth-order valence-electron chi connectivity index (χ4n) is 3.41. The van der Waals surface area contributed by atoms with Gasteiger partial charge in [-0.1, -0.05) is 12.1 Å². The summed E-state index contributed by atoms with van der Waals surface area (Å²) in [6.07, 6.45) is 1.91. The molecule has 1 atom stereocenters. The lowest BCUT2D eigenvalue weighted by Gasteiger charge is -2.28. The van der Waals surface area contributed by atoms with Gasteiger partial charge in [-0.05, 0) is 30.8 Å². The topological polar surface area (TPSA) is 49.8 Å². The summed E-state index contributed by atoms with van der Waals surface area (Å²) >= 11 is 1.49. The van der Waals surface area contributed by atoms with Gasteiger partial charge in [0.05, 0.1) is 14.1 Å². The number of pyridine rings is 1. The molecule has 0 amide bonds. The molecule has 6 nitrogen and oxygen atoms in total. The number of fused-ring (bicyclic) bond motifs is 3. The van der Waals surface area contributed by atoms with Crippen molar-refractivity contribution in [3.63, 3.8) is 0 Å². The van der Waals surface area contributed by atoms with Gasteiger partial charge in [0.15, 0.2) is 23.5 Å². The second-order valence-corrected chi connectivity index (χ2v) is 8.33. The highest BCUT2D eigenvalue weighted by Crippen LogP contribution is 2.59. The van der Waals surface area contributed by atoms with Gasteiger partial charge in [-0.2, -0.15) is 4.99 Å². The maximum absolute atomic E-state index is 13.4. The van der Waals surface area contributed by atoms with Gasteiger partial charge in [-0.15, -0.1) is 0 Å². The molecule has 4 rings (SSSR count). The number of thioether (sulfide) groups is 1. The van der Waals surface area contributed by atoms with Crippen molar-refractivity contribution in [2.24, 2.45) is 4.99 Å². The lowest BCUT2D eigenvalue weighted by molar-refractivity contribution is 0.0960. The Kier molecular flexibility index (Phi) is 4.17. The summed E-state index contributed by atoms with van der Waals surface area (Å²) in [7, 11) is 7.83. The molecule has 27 heavy (non-hydrogen) atoms. The molecule has 1 N–H and O–H groups in total. The van der Waals surface area contributed by atoms with Gasteiger partial charge in [0.25, 0.3) is 0 Å². The first-order valence-electron chi connectivity index (χ1n) is 8.78. The molecule has 0 saturated carbocycles. The number of rotatable bonds is 4. The predicted octanol–water partition coefficient (Wildman–Crippen LogP) is 3.89. The molecule has 2 aliphatic heterocycles. The lowest BCUT2D eigenvalue weighted by Crippen LogP contribution is -2.38. The van der Waals surface area contributed by atoms with E-state index in [1.54, 1.807) is 19.2 Å². The Bertz CT molecular complexity index is 931. The van der Waals surface area contributed by atoms with E-state index in [1.807, 2.05) is 13.4 Å². The Labute approximate surface area is 162 Å². The van der Waals surface area contributed by atoms with Crippen molar-refractivity contribution in [2.75, 3.05) is 45.0 Å². The number of aromatic nitrogens is 1. The van der Waals surface area contributed by atoms with Crippen LogP contribution in [0.4, 0.5) is 27.3 Å². The zero-order valence-electron chi connectivity index (χ0n) is 16.1. The van der Waals surface area contributed by atoms with E-state index < -0.39 is 5.06 Å². The second-order valence-electron chi connectivity index (χ2n) is 7.17. The van der Waals surface area contributed by atoms with Crippen LogP contribution in [-0.2, 0) is 9.79 Å². The summed E-state index contributed by atoms with van der Waals surface area (Å²) < 4.78 is 19.8. The number of hydrogen-bond donors (Lipinski definition) is 1. The van der Waals surface area contributed by atoms with E-state index in [2.05, 4.69) is 36.2 Å². The van der Waals surface area contributed by atoms with Gasteiger partial charge in [0.1, 0.15) is 16.5 Å². The minimum Gasteiger partial charge on any atom is -0.358 e. The number of quaternary nitrogens is 1. The van der Waals surface area contributed by atoms with Gasteiger partial charge in [-0.3, -0.25) is 0 Å². The molecular formula is C19H23FN5OS+. The summed E-state index contributed by atoms with van der Waals surface area (Å²) in [5.41, 5.74) is 3.68. The molecule has 0 fully saturated rings. The van der Waals surface area contributed by atoms with Crippen molar-refractivity contribution in [1.82, 2.24) is 9.47 Å². The molecule has 2 aromatic rings. The van der Waals surface area contributed by atoms with Gasteiger partial charge in [0, 0.05) is 26.3 Å². The van der Waals surface area contributed by atoms with Crippen LogP contribution < -0.4 is 14.7 Å². The van der Waals surface area contributed by atoms with E-state index >= 15 is 0 Å². The third kappa shape index (κ3) is 2.70. The third-order valence-electron chi connectivity index (χ3n) is 5.02. The number of benzene rings is 1. The molecule has 0 bridgehead atoms. The highest BCUT2D eigenvalue weighted by molar-refractivity contribution is 8.00. The first-order valence-corrected chi connectivity index (χ1v) is 9.60. The Hall–Kier alpha value is -2.16. The summed E-state index contributed by atoms with van der Waals surface area (Å²) in [6, 6.07) is 6.36. The molecule has 2 aliphatic rings. The summed E-state index contributed by atoms with van der Waals surface area (Å²) in [6.45, 7) is 2.91. The van der Waals surface area contributed by atoms with Crippen molar-refractivity contribution in [3.05, 3.63) is 35.6 Å². The maximum Gasteiger partial charge on any atom is 0.220 e. The fourth-order valence-corrected chi connectivity index (χ4v) is 4.55. The number of halogens is 1. The predicted molar refractivity (Wildman–Crippen MR) is 110 cm³/mol. The molecule has 1 aromatic heterocycles. The van der Waals surface area contributed by atoms with Gasteiger partial charge < -0.3 is 15.0 Å². The number of hydrogen-bond acceptors (Lipinski definition) is 6. The smallest absolute Gasteiger partial charge is 0.220 e. The summed E-state index contributed by atoms with van der Waals surface area (Å²) in [4.78, 5) is 11.6. The molecular weight excluding hydrogens is 365 g/mol. The quantitative estimate of drug-likeness (QED) is 0.806. The molecule has 1 aromatic carbocycles. The highest BCUT2D eigenvalue weighted by atomic mass is 32.2. The lowest BCUT2D eigenvalue weighted by atomic mass is 10.1. The Morgan fingerprint density at radius 1 is 1.30 bits per heavy atom. The molecule has 142 valence electrons. The Balaban J connectivity index is 1.88. The van der Waals surface area contributed by atoms with Gasteiger partial charge in [0.2, 0.25) is 5.06 Å². The number of anilines is 2. The second kappa shape index (κ2) is 6.19. The normalized spacial score (nSPS) is 21.7. The monoisotopic (exact) mass is 388 g/mol. The average molecular weight is 388 g/mol. The van der Waals surface area contributed by atoms with E-state index in [1.165, 1.54) is 23.9 Å². The SMILES string of the molecule is CCN(C)c1nc2c(c3c1N=C[N+]3(C)C)NC(OC)(c1ccc(F)cc1)S2. The van der Waals surface area contributed by atoms with Crippen LogP contribution in [0.25, 0.3) is 0 Å². The number of ether oxygens (including phenoxy) is 1. The first-order chi connectivity index (χ1) is 12.8. The third-order valence-corrected chi connectivity index (χ3v) is 6.30. The summed E-state index contributed by atoms with van der Waals surface area (Å²) in [5.74, 6) is 0.578. The van der Waals surface area contributed by atoms with Crippen LogP contribution in [0, 0.1) is 5.82 Å². The molecule has 8 heteroatoms. The first kappa shape index (κ1) is 18.2. The molecule has 0 spiro atoms. The molecule has 3 heterocycles. The maximum atomic E-state index is 13.4. The van der Waals surface area contributed by atoms with E-state index in [4.69, 9.17) is 9.72 Å². The largest absolute Gasteiger partial charge is 0.358 e. The van der Waals surface area contributed by atoms with E-state index in [-0.39, 0.29) is 5.82 Å². The van der Waals surface area contributed by atoms with E-state index in [0.717, 1.165) is 40.0 Å². The summed E-state index contributed by atoms with van der Waals surface area (Å²) in [5, 5.41) is 3.51. The standard InChI is InChI=1S/C19H23FN5OS/c1-6-24(2)17-14-16(25(3,4)11-21-14)15-18(22-17)27-19(23-15,26-5)12-7-9-13(20)10-8-12/h7-11,23H,6H2,1-5H3/q+1.